The Bertz CT molecular complexity index is 281. The summed E-state index contributed by atoms with van der Waals surface area (Å²) in [6.45, 7) is 0. The van der Waals surface area contributed by atoms with E-state index >= 15 is 0 Å². The number of carboxylic acid groups (broad SMARTS) is 1. The van der Waals surface area contributed by atoms with E-state index in [1.165, 1.54) is 0 Å². The van der Waals surface area contributed by atoms with Crippen LogP contribution in [0, 0.1) is 0 Å². The van der Waals surface area contributed by atoms with Gasteiger partial charge in [0, 0.05) is 4.47 Å². The number of hydrogen-bond acceptors (Lipinski definition) is 2. The molecule has 12 heavy (non-hydrogen) atoms. The van der Waals surface area contributed by atoms with E-state index in [4.69, 9.17) is 10.2 Å². The lowest BCUT2D eigenvalue weighted by Gasteiger charge is -2.04. The summed E-state index contributed by atoms with van der Waals surface area (Å²) in [6, 6.07) is 6.48. The molecule has 1 aromatic rings. The van der Waals surface area contributed by atoms with Crippen LogP contribution >= 0.6 is 15.9 Å². The maximum absolute atomic E-state index is 10.3. The molecule has 0 aromatic heterocycles. The van der Waals surface area contributed by atoms with Crippen LogP contribution in [0.3, 0.4) is 0 Å². The van der Waals surface area contributed by atoms with Gasteiger partial charge in [-0.3, -0.25) is 0 Å². The number of aliphatic carboxylic acids is 1. The standard InChI is InChI=1S/C8H7BrO3/c9-6-3-1-5(2-4-6)7(10)8(11)12/h1-4,7,10H,(H,11,12)/t7-/m1/s1. The zero-order valence-electron chi connectivity index (χ0n) is 6.07. The smallest absolute Gasteiger partial charge is 0.337 e. The van der Waals surface area contributed by atoms with Crippen LogP contribution in [0.1, 0.15) is 11.7 Å². The molecule has 0 unspecified atom stereocenters. The first-order valence-electron chi connectivity index (χ1n) is 3.27. The Balaban J connectivity index is 2.89. The van der Waals surface area contributed by atoms with Crippen molar-refractivity contribution in [3.05, 3.63) is 34.3 Å². The minimum absolute atomic E-state index is 0.380. The lowest BCUT2D eigenvalue weighted by molar-refractivity contribution is -0.146. The fourth-order valence-corrected chi connectivity index (χ4v) is 1.05. The molecular formula is C8H7BrO3. The maximum atomic E-state index is 10.3. The number of aliphatic hydroxyl groups excluding tert-OH is 1. The zero-order chi connectivity index (χ0) is 9.14. The summed E-state index contributed by atoms with van der Waals surface area (Å²) in [5, 5.41) is 17.5. The van der Waals surface area contributed by atoms with Gasteiger partial charge in [0.15, 0.2) is 6.10 Å². The van der Waals surface area contributed by atoms with E-state index < -0.39 is 12.1 Å². The second-order valence-electron chi connectivity index (χ2n) is 2.29. The van der Waals surface area contributed by atoms with Crippen molar-refractivity contribution >= 4 is 21.9 Å². The van der Waals surface area contributed by atoms with E-state index in [0.717, 1.165) is 4.47 Å². The SMILES string of the molecule is O=C(O)[C@H](O)c1ccc(Br)cc1. The van der Waals surface area contributed by atoms with E-state index in [1.807, 2.05) is 0 Å². The molecule has 1 aromatic carbocycles. The fraction of sp³-hybridized carbons (Fsp3) is 0.125. The van der Waals surface area contributed by atoms with E-state index in [0.29, 0.717) is 5.56 Å². The molecule has 0 saturated heterocycles. The van der Waals surface area contributed by atoms with E-state index in [9.17, 15) is 4.79 Å². The number of halogens is 1. The fourth-order valence-electron chi connectivity index (χ4n) is 0.788. The monoisotopic (exact) mass is 230 g/mol. The third kappa shape index (κ3) is 2.06. The molecule has 0 aliphatic heterocycles. The molecule has 1 rings (SSSR count). The van der Waals surface area contributed by atoms with Crippen LogP contribution in [0.25, 0.3) is 0 Å². The second kappa shape index (κ2) is 3.69. The van der Waals surface area contributed by atoms with Crippen molar-refractivity contribution in [3.63, 3.8) is 0 Å². The van der Waals surface area contributed by atoms with Gasteiger partial charge in [-0.2, -0.15) is 0 Å². The van der Waals surface area contributed by atoms with Gasteiger partial charge in [-0.05, 0) is 17.7 Å². The summed E-state index contributed by atoms with van der Waals surface area (Å²) < 4.78 is 0.851. The minimum Gasteiger partial charge on any atom is -0.479 e. The van der Waals surface area contributed by atoms with Crippen molar-refractivity contribution in [2.75, 3.05) is 0 Å². The number of hydrogen-bond donors (Lipinski definition) is 2. The molecule has 0 amide bonds. The summed E-state index contributed by atoms with van der Waals surface area (Å²) in [7, 11) is 0. The highest BCUT2D eigenvalue weighted by molar-refractivity contribution is 9.10. The molecule has 2 N–H and O–H groups in total. The number of carbonyl (C=O) groups is 1. The van der Waals surface area contributed by atoms with Crippen LogP contribution in [0.5, 0.6) is 0 Å². The topological polar surface area (TPSA) is 57.5 Å². The van der Waals surface area contributed by atoms with Gasteiger partial charge < -0.3 is 10.2 Å². The van der Waals surface area contributed by atoms with Gasteiger partial charge in [0.2, 0.25) is 0 Å². The first-order valence-corrected chi connectivity index (χ1v) is 4.07. The van der Waals surface area contributed by atoms with E-state index in [-0.39, 0.29) is 0 Å². The lowest BCUT2D eigenvalue weighted by Crippen LogP contribution is -2.09. The van der Waals surface area contributed by atoms with Crippen molar-refractivity contribution in [2.24, 2.45) is 0 Å². The highest BCUT2D eigenvalue weighted by Gasteiger charge is 2.14. The lowest BCUT2D eigenvalue weighted by atomic mass is 10.1. The Hall–Kier alpha value is -0.870. The molecule has 0 aliphatic carbocycles. The molecule has 0 fully saturated rings. The first-order chi connectivity index (χ1) is 5.61. The van der Waals surface area contributed by atoms with Gasteiger partial charge in [-0.25, -0.2) is 4.79 Å². The maximum Gasteiger partial charge on any atom is 0.337 e. The van der Waals surface area contributed by atoms with Gasteiger partial charge in [0.05, 0.1) is 0 Å². The minimum atomic E-state index is -1.43. The molecule has 1 atom stereocenters. The number of aliphatic hydroxyl groups is 1. The molecule has 3 nitrogen and oxygen atoms in total. The molecule has 0 spiro atoms. The largest absolute Gasteiger partial charge is 0.479 e. The molecule has 0 heterocycles. The third-order valence-electron chi connectivity index (χ3n) is 1.42. The first kappa shape index (κ1) is 9.22. The second-order valence-corrected chi connectivity index (χ2v) is 3.21. The summed E-state index contributed by atoms with van der Waals surface area (Å²) >= 11 is 3.20. The van der Waals surface area contributed by atoms with Crippen LogP contribution < -0.4 is 0 Å². The van der Waals surface area contributed by atoms with Crippen molar-refractivity contribution in [1.82, 2.24) is 0 Å². The van der Waals surface area contributed by atoms with Crippen LogP contribution in [-0.4, -0.2) is 16.2 Å². The van der Waals surface area contributed by atoms with Crippen LogP contribution in [0.4, 0.5) is 0 Å². The van der Waals surface area contributed by atoms with Crippen LogP contribution in [-0.2, 0) is 4.79 Å². The summed E-state index contributed by atoms with van der Waals surface area (Å²) in [5.74, 6) is -1.24. The van der Waals surface area contributed by atoms with E-state index in [1.54, 1.807) is 24.3 Å². The Morgan fingerprint density at radius 1 is 1.33 bits per heavy atom. The molecule has 64 valence electrons. The Morgan fingerprint density at radius 2 is 1.83 bits per heavy atom. The van der Waals surface area contributed by atoms with Gasteiger partial charge in [0.25, 0.3) is 0 Å². The molecule has 4 heteroatoms. The Kier molecular flexibility index (Phi) is 2.83. The molecule has 0 saturated carbocycles. The summed E-state index contributed by atoms with van der Waals surface area (Å²) in [6.07, 6.45) is -1.43. The Labute approximate surface area is 77.8 Å². The van der Waals surface area contributed by atoms with Crippen molar-refractivity contribution in [2.45, 2.75) is 6.10 Å². The van der Waals surface area contributed by atoms with Crippen molar-refractivity contribution in [3.8, 4) is 0 Å². The van der Waals surface area contributed by atoms with Crippen LogP contribution in [0.2, 0.25) is 0 Å². The van der Waals surface area contributed by atoms with Gasteiger partial charge in [-0.1, -0.05) is 28.1 Å². The predicted molar refractivity (Wildman–Crippen MR) is 46.7 cm³/mol. The van der Waals surface area contributed by atoms with Crippen LogP contribution in [0.15, 0.2) is 28.7 Å². The summed E-state index contributed by atoms with van der Waals surface area (Å²) in [5.41, 5.74) is 0.380. The van der Waals surface area contributed by atoms with Crippen molar-refractivity contribution < 1.29 is 15.0 Å². The molecule has 0 aliphatic rings. The van der Waals surface area contributed by atoms with Gasteiger partial charge in [0.1, 0.15) is 0 Å². The quantitative estimate of drug-likeness (QED) is 0.812. The van der Waals surface area contributed by atoms with Gasteiger partial charge >= 0.3 is 5.97 Å². The highest BCUT2D eigenvalue weighted by atomic mass is 79.9. The average Bonchev–Trinajstić information content (AvgIpc) is 2.04. The average molecular weight is 231 g/mol. The number of rotatable bonds is 2. The van der Waals surface area contributed by atoms with E-state index in [2.05, 4.69) is 15.9 Å². The summed E-state index contributed by atoms with van der Waals surface area (Å²) in [4.78, 5) is 10.3. The molecule has 0 radical (unpaired) electrons. The number of carboxylic acids is 1. The predicted octanol–water partition coefficient (Wildman–Crippen LogP) is 1.57. The Morgan fingerprint density at radius 3 is 2.25 bits per heavy atom. The number of benzene rings is 1. The highest BCUT2D eigenvalue weighted by Crippen LogP contribution is 2.16. The van der Waals surface area contributed by atoms with Crippen molar-refractivity contribution in [1.29, 1.82) is 0 Å². The molecular weight excluding hydrogens is 224 g/mol. The van der Waals surface area contributed by atoms with Gasteiger partial charge in [-0.15, -0.1) is 0 Å². The zero-order valence-corrected chi connectivity index (χ0v) is 7.65. The third-order valence-corrected chi connectivity index (χ3v) is 1.95. The molecule has 0 bridgehead atoms. The normalized spacial score (nSPS) is 12.5.